The van der Waals surface area contributed by atoms with Gasteiger partial charge in [-0.3, -0.25) is 14.9 Å². The van der Waals surface area contributed by atoms with E-state index >= 15 is 0 Å². The van der Waals surface area contributed by atoms with E-state index in [0.29, 0.717) is 6.04 Å². The van der Waals surface area contributed by atoms with Crippen LogP contribution < -0.4 is 10.6 Å². The summed E-state index contributed by atoms with van der Waals surface area (Å²) in [6.45, 7) is 2.82. The maximum atomic E-state index is 13.7. The molecular formula is C13H17ClFN3O3. The number of hydrogen-bond acceptors (Lipinski definition) is 4. The van der Waals surface area contributed by atoms with Crippen LogP contribution in [-0.4, -0.2) is 29.5 Å². The number of piperidine rings is 1. The lowest BCUT2D eigenvalue weighted by Gasteiger charge is -2.28. The van der Waals surface area contributed by atoms with Crippen molar-refractivity contribution >= 4 is 24.0 Å². The van der Waals surface area contributed by atoms with E-state index in [1.165, 1.54) is 0 Å². The molecule has 6 nitrogen and oxygen atoms in total. The Labute approximate surface area is 127 Å². The number of nitrogens with one attached hydrogen (secondary N) is 2. The molecule has 2 rings (SSSR count). The van der Waals surface area contributed by atoms with Crippen molar-refractivity contribution in [1.82, 2.24) is 10.6 Å². The smallest absolute Gasteiger partial charge is 0.272 e. The fraction of sp³-hybridized carbons (Fsp3) is 0.462. The summed E-state index contributed by atoms with van der Waals surface area (Å²) < 4.78 is 13.7. The van der Waals surface area contributed by atoms with Crippen LogP contribution in [0.3, 0.4) is 0 Å². The van der Waals surface area contributed by atoms with Gasteiger partial charge in [0.05, 0.1) is 16.6 Å². The monoisotopic (exact) mass is 317 g/mol. The SMILES string of the molecule is CC1CC(NC(=O)c2ccc([N+](=O)[O-])cc2F)CCN1.Cl. The Kier molecular flexibility index (Phi) is 6.04. The van der Waals surface area contributed by atoms with Gasteiger partial charge in [0.1, 0.15) is 5.82 Å². The van der Waals surface area contributed by atoms with Gasteiger partial charge in [0.15, 0.2) is 0 Å². The highest BCUT2D eigenvalue weighted by molar-refractivity contribution is 5.94. The van der Waals surface area contributed by atoms with E-state index in [9.17, 15) is 19.3 Å². The summed E-state index contributed by atoms with van der Waals surface area (Å²) >= 11 is 0. The van der Waals surface area contributed by atoms with Crippen LogP contribution in [0, 0.1) is 15.9 Å². The second-order valence-electron chi connectivity index (χ2n) is 4.97. The first-order chi connectivity index (χ1) is 9.47. The maximum Gasteiger partial charge on any atom is 0.272 e. The molecule has 21 heavy (non-hydrogen) atoms. The Bertz CT molecular complexity index is 541. The molecule has 0 aromatic heterocycles. The third kappa shape index (κ3) is 4.37. The average molecular weight is 318 g/mol. The number of hydrogen-bond donors (Lipinski definition) is 2. The minimum absolute atomic E-state index is 0. The van der Waals surface area contributed by atoms with Crippen molar-refractivity contribution in [3.05, 3.63) is 39.7 Å². The number of halogens is 2. The van der Waals surface area contributed by atoms with Gasteiger partial charge in [0.2, 0.25) is 0 Å². The van der Waals surface area contributed by atoms with Gasteiger partial charge in [0, 0.05) is 18.2 Å². The molecule has 1 saturated heterocycles. The molecule has 1 aromatic rings. The van der Waals surface area contributed by atoms with E-state index in [0.717, 1.165) is 37.6 Å². The van der Waals surface area contributed by atoms with E-state index in [1.54, 1.807) is 0 Å². The number of nitrogens with zero attached hydrogens (tertiary/aromatic N) is 1. The van der Waals surface area contributed by atoms with E-state index in [4.69, 9.17) is 0 Å². The Balaban J connectivity index is 0.00000220. The summed E-state index contributed by atoms with van der Waals surface area (Å²) in [5.74, 6) is -1.41. The summed E-state index contributed by atoms with van der Waals surface area (Å²) in [6.07, 6.45) is 1.56. The molecule has 0 radical (unpaired) electrons. The van der Waals surface area contributed by atoms with Crippen molar-refractivity contribution in [2.24, 2.45) is 0 Å². The van der Waals surface area contributed by atoms with Gasteiger partial charge in [-0.1, -0.05) is 0 Å². The van der Waals surface area contributed by atoms with Gasteiger partial charge in [-0.25, -0.2) is 4.39 Å². The Morgan fingerprint density at radius 3 is 2.81 bits per heavy atom. The normalized spacial score (nSPS) is 21.2. The number of non-ortho nitro benzene ring substituents is 1. The van der Waals surface area contributed by atoms with Crippen molar-refractivity contribution in [2.45, 2.75) is 31.8 Å². The molecule has 1 aromatic carbocycles. The molecule has 116 valence electrons. The first kappa shape index (κ1) is 17.3. The van der Waals surface area contributed by atoms with Crippen LogP contribution in [0.5, 0.6) is 0 Å². The third-order valence-electron chi connectivity index (χ3n) is 3.37. The molecule has 1 heterocycles. The fourth-order valence-corrected chi connectivity index (χ4v) is 2.33. The minimum Gasteiger partial charge on any atom is -0.349 e. The number of carbonyl (C=O) groups excluding carboxylic acids is 1. The first-order valence-electron chi connectivity index (χ1n) is 6.45. The highest BCUT2D eigenvalue weighted by atomic mass is 35.5. The molecule has 2 unspecified atom stereocenters. The highest BCUT2D eigenvalue weighted by Gasteiger charge is 2.22. The summed E-state index contributed by atoms with van der Waals surface area (Å²) in [5, 5.41) is 16.5. The zero-order valence-electron chi connectivity index (χ0n) is 11.5. The summed E-state index contributed by atoms with van der Waals surface area (Å²) in [6, 6.07) is 3.33. The number of nitro groups is 1. The summed E-state index contributed by atoms with van der Waals surface area (Å²) in [5.41, 5.74) is -0.531. The van der Waals surface area contributed by atoms with Crippen LogP contribution in [0.1, 0.15) is 30.1 Å². The van der Waals surface area contributed by atoms with E-state index in [1.807, 2.05) is 6.92 Å². The molecule has 0 saturated carbocycles. The predicted octanol–water partition coefficient (Wildman–Crippen LogP) is 2.03. The standard InChI is InChI=1S/C13H16FN3O3.ClH/c1-8-6-9(4-5-15-8)16-13(18)11-3-2-10(17(19)20)7-12(11)14;/h2-3,7-9,15H,4-6H2,1H3,(H,16,18);1H. The zero-order valence-corrected chi connectivity index (χ0v) is 12.3. The van der Waals surface area contributed by atoms with E-state index in [2.05, 4.69) is 10.6 Å². The Morgan fingerprint density at radius 1 is 1.52 bits per heavy atom. The minimum atomic E-state index is -0.876. The molecule has 8 heteroatoms. The fourth-order valence-electron chi connectivity index (χ4n) is 2.33. The van der Waals surface area contributed by atoms with Gasteiger partial charge in [-0.2, -0.15) is 0 Å². The van der Waals surface area contributed by atoms with Crippen LogP contribution in [-0.2, 0) is 0 Å². The second kappa shape index (κ2) is 7.33. The number of carbonyl (C=O) groups is 1. The second-order valence-corrected chi connectivity index (χ2v) is 4.97. The molecule has 2 N–H and O–H groups in total. The number of nitro benzene ring substituents is 1. The van der Waals surface area contributed by atoms with Crippen molar-refractivity contribution in [3.63, 3.8) is 0 Å². The zero-order chi connectivity index (χ0) is 14.7. The van der Waals surface area contributed by atoms with Gasteiger partial charge in [-0.05, 0) is 32.4 Å². The molecule has 0 bridgehead atoms. The van der Waals surface area contributed by atoms with Crippen molar-refractivity contribution < 1.29 is 14.1 Å². The number of amides is 1. The van der Waals surface area contributed by atoms with Gasteiger partial charge >= 0.3 is 0 Å². The number of rotatable bonds is 3. The third-order valence-corrected chi connectivity index (χ3v) is 3.37. The van der Waals surface area contributed by atoms with Gasteiger partial charge in [-0.15, -0.1) is 12.4 Å². The van der Waals surface area contributed by atoms with Crippen LogP contribution in [0.25, 0.3) is 0 Å². The molecule has 1 aliphatic rings. The first-order valence-corrected chi connectivity index (χ1v) is 6.45. The van der Waals surface area contributed by atoms with Crippen molar-refractivity contribution in [2.75, 3.05) is 6.54 Å². The van der Waals surface area contributed by atoms with Gasteiger partial charge in [0.25, 0.3) is 11.6 Å². The van der Waals surface area contributed by atoms with E-state index < -0.39 is 16.6 Å². The summed E-state index contributed by atoms with van der Waals surface area (Å²) in [7, 11) is 0. The highest BCUT2D eigenvalue weighted by Crippen LogP contribution is 2.17. The molecule has 0 spiro atoms. The lowest BCUT2D eigenvalue weighted by atomic mass is 10.00. The Morgan fingerprint density at radius 2 is 2.24 bits per heavy atom. The van der Waals surface area contributed by atoms with Crippen molar-refractivity contribution in [1.29, 1.82) is 0 Å². The lowest BCUT2D eigenvalue weighted by molar-refractivity contribution is -0.385. The molecule has 0 aliphatic carbocycles. The van der Waals surface area contributed by atoms with E-state index in [-0.39, 0.29) is 29.7 Å². The molecule has 1 aliphatic heterocycles. The quantitative estimate of drug-likeness (QED) is 0.660. The Hall–Kier alpha value is -1.73. The lowest BCUT2D eigenvalue weighted by Crippen LogP contribution is -2.46. The largest absolute Gasteiger partial charge is 0.349 e. The molecule has 1 fully saturated rings. The van der Waals surface area contributed by atoms with Crippen LogP contribution in [0.15, 0.2) is 18.2 Å². The predicted molar refractivity (Wildman–Crippen MR) is 78.3 cm³/mol. The number of benzene rings is 1. The molecule has 2 atom stereocenters. The van der Waals surface area contributed by atoms with Crippen LogP contribution in [0.2, 0.25) is 0 Å². The van der Waals surface area contributed by atoms with Crippen LogP contribution in [0.4, 0.5) is 10.1 Å². The molecule has 1 amide bonds. The van der Waals surface area contributed by atoms with Gasteiger partial charge < -0.3 is 10.6 Å². The molecular weight excluding hydrogens is 301 g/mol. The summed E-state index contributed by atoms with van der Waals surface area (Å²) in [4.78, 5) is 21.8. The van der Waals surface area contributed by atoms with Crippen LogP contribution >= 0.6 is 12.4 Å². The van der Waals surface area contributed by atoms with Crippen molar-refractivity contribution in [3.8, 4) is 0 Å². The average Bonchev–Trinajstić information content (AvgIpc) is 2.38. The maximum absolute atomic E-state index is 13.7. The topological polar surface area (TPSA) is 84.3 Å².